The molecule has 0 aliphatic carbocycles. The van der Waals surface area contributed by atoms with Gasteiger partial charge in [0.25, 0.3) is 0 Å². The molecule has 2 aliphatic heterocycles. The molecule has 1 N–H and O–H groups in total. The van der Waals surface area contributed by atoms with E-state index < -0.39 is 11.1 Å². The lowest BCUT2D eigenvalue weighted by atomic mass is 9.96. The Labute approximate surface area is 143 Å². The normalized spacial score (nSPS) is 23.5. The van der Waals surface area contributed by atoms with Gasteiger partial charge in [0, 0.05) is 44.1 Å². The van der Waals surface area contributed by atoms with Crippen LogP contribution in [0.5, 0.6) is 0 Å². The summed E-state index contributed by atoms with van der Waals surface area (Å²) < 4.78 is 38.1. The summed E-state index contributed by atoms with van der Waals surface area (Å²) in [5, 5.41) is 3.23. The number of piperazine rings is 1. The third-order valence-corrected chi connectivity index (χ3v) is 5.72. The Kier molecular flexibility index (Phi) is 5.46. The summed E-state index contributed by atoms with van der Waals surface area (Å²) in [6.45, 7) is 5.12. The molecule has 1 amide bonds. The van der Waals surface area contributed by atoms with E-state index in [9.17, 15) is 18.0 Å². The Balaban J connectivity index is 1.57. The lowest BCUT2D eigenvalue weighted by Gasteiger charge is -2.36. The number of alkyl halides is 3. The van der Waals surface area contributed by atoms with Crippen LogP contribution in [0.25, 0.3) is 0 Å². The van der Waals surface area contributed by atoms with Crippen LogP contribution in [0, 0.1) is 5.92 Å². The van der Waals surface area contributed by atoms with Crippen LogP contribution in [0.2, 0.25) is 0 Å². The Morgan fingerprint density at radius 3 is 2.67 bits per heavy atom. The van der Waals surface area contributed by atoms with Gasteiger partial charge in [0.15, 0.2) is 0 Å². The van der Waals surface area contributed by atoms with Crippen molar-refractivity contribution in [3.63, 3.8) is 0 Å². The van der Waals surface area contributed by atoms with Gasteiger partial charge in [-0.2, -0.15) is 13.2 Å². The van der Waals surface area contributed by atoms with Gasteiger partial charge in [0.2, 0.25) is 5.91 Å². The number of rotatable bonds is 3. The zero-order chi connectivity index (χ0) is 17.2. The largest absolute Gasteiger partial charge is 0.425 e. The van der Waals surface area contributed by atoms with Crippen LogP contribution in [0.4, 0.5) is 13.2 Å². The van der Waals surface area contributed by atoms with Crippen molar-refractivity contribution in [1.29, 1.82) is 0 Å². The first-order chi connectivity index (χ1) is 11.4. The number of hydrogen-bond acceptors (Lipinski definition) is 4. The van der Waals surface area contributed by atoms with Gasteiger partial charge in [-0.05, 0) is 31.5 Å². The predicted octanol–water partition coefficient (Wildman–Crippen LogP) is 2.41. The molecule has 2 saturated heterocycles. The number of carbonyl (C=O) groups is 1. The fourth-order valence-electron chi connectivity index (χ4n) is 3.38. The maximum Gasteiger partial charge on any atom is 0.425 e. The van der Waals surface area contributed by atoms with Crippen molar-refractivity contribution < 1.29 is 18.0 Å². The molecule has 0 radical (unpaired) electrons. The standard InChI is InChI=1S/C16H22F3N3OS/c17-16(18,19)14-4-3-13(24-14)11-21-7-1-2-12(10-21)15(23)22-8-5-20-6-9-22/h3-4,12,20H,1-2,5-11H2. The third-order valence-electron chi connectivity index (χ3n) is 4.60. The topological polar surface area (TPSA) is 35.6 Å². The number of nitrogens with zero attached hydrogens (tertiary/aromatic N) is 2. The minimum atomic E-state index is -4.27. The smallest absolute Gasteiger partial charge is 0.340 e. The summed E-state index contributed by atoms with van der Waals surface area (Å²) in [6.07, 6.45) is -2.48. The summed E-state index contributed by atoms with van der Waals surface area (Å²) >= 11 is 0.801. The molecule has 134 valence electrons. The van der Waals surface area contributed by atoms with Crippen molar-refractivity contribution in [3.05, 3.63) is 21.9 Å². The van der Waals surface area contributed by atoms with Gasteiger partial charge in [-0.25, -0.2) is 0 Å². The summed E-state index contributed by atoms with van der Waals surface area (Å²) in [5.41, 5.74) is 0. The van der Waals surface area contributed by atoms with E-state index in [0.29, 0.717) is 18.0 Å². The molecule has 3 heterocycles. The molecule has 8 heteroatoms. The molecule has 0 aromatic carbocycles. The predicted molar refractivity (Wildman–Crippen MR) is 86.8 cm³/mol. The quantitative estimate of drug-likeness (QED) is 0.898. The minimum Gasteiger partial charge on any atom is -0.340 e. The zero-order valence-corrected chi connectivity index (χ0v) is 14.3. The number of likely N-dealkylation sites (tertiary alicyclic amines) is 1. The van der Waals surface area contributed by atoms with E-state index >= 15 is 0 Å². The van der Waals surface area contributed by atoms with Gasteiger partial charge < -0.3 is 10.2 Å². The van der Waals surface area contributed by atoms with Gasteiger partial charge in [-0.1, -0.05) is 0 Å². The van der Waals surface area contributed by atoms with Gasteiger partial charge in [-0.15, -0.1) is 11.3 Å². The van der Waals surface area contributed by atoms with Gasteiger partial charge in [0.1, 0.15) is 4.88 Å². The Hall–Kier alpha value is -1.12. The fraction of sp³-hybridized carbons (Fsp3) is 0.688. The molecule has 3 rings (SSSR count). The van der Waals surface area contributed by atoms with Crippen molar-refractivity contribution in [1.82, 2.24) is 15.1 Å². The second-order valence-corrected chi connectivity index (χ2v) is 7.58. The number of hydrogen-bond donors (Lipinski definition) is 1. The highest BCUT2D eigenvalue weighted by molar-refractivity contribution is 7.12. The molecular weight excluding hydrogens is 339 g/mol. The number of halogens is 3. The fourth-order valence-corrected chi connectivity index (χ4v) is 4.30. The number of thiophene rings is 1. The van der Waals surface area contributed by atoms with Crippen LogP contribution in [0.3, 0.4) is 0 Å². The summed E-state index contributed by atoms with van der Waals surface area (Å²) in [5.74, 6) is 0.169. The highest BCUT2D eigenvalue weighted by Gasteiger charge is 2.33. The molecule has 2 aliphatic rings. The van der Waals surface area contributed by atoms with Crippen molar-refractivity contribution in [3.8, 4) is 0 Å². The first-order valence-electron chi connectivity index (χ1n) is 8.31. The van der Waals surface area contributed by atoms with Crippen LogP contribution in [0.15, 0.2) is 12.1 Å². The molecule has 1 atom stereocenters. The Morgan fingerprint density at radius 2 is 2.00 bits per heavy atom. The molecule has 1 aromatic rings. The number of nitrogens with one attached hydrogen (secondary N) is 1. The third kappa shape index (κ3) is 4.29. The SMILES string of the molecule is O=C(C1CCCN(Cc2ccc(C(F)(F)F)s2)C1)N1CCNCC1. The summed E-state index contributed by atoms with van der Waals surface area (Å²) in [4.78, 5) is 16.8. The van der Waals surface area contributed by atoms with E-state index in [1.165, 1.54) is 0 Å². The highest BCUT2D eigenvalue weighted by Crippen LogP contribution is 2.35. The molecule has 2 fully saturated rings. The highest BCUT2D eigenvalue weighted by atomic mass is 32.1. The number of amides is 1. The van der Waals surface area contributed by atoms with Crippen molar-refractivity contribution in [2.24, 2.45) is 5.92 Å². The number of piperidine rings is 1. The first kappa shape index (κ1) is 17.7. The minimum absolute atomic E-state index is 0.0288. The molecule has 0 bridgehead atoms. The maximum atomic E-state index is 12.7. The van der Waals surface area contributed by atoms with Crippen molar-refractivity contribution >= 4 is 17.2 Å². The van der Waals surface area contributed by atoms with Crippen LogP contribution in [-0.2, 0) is 17.5 Å². The average molecular weight is 361 g/mol. The molecule has 1 unspecified atom stereocenters. The van der Waals surface area contributed by atoms with Gasteiger partial charge in [-0.3, -0.25) is 9.69 Å². The number of carbonyl (C=O) groups excluding carboxylic acids is 1. The Morgan fingerprint density at radius 1 is 1.25 bits per heavy atom. The van der Waals surface area contributed by atoms with Gasteiger partial charge >= 0.3 is 6.18 Å². The van der Waals surface area contributed by atoms with E-state index in [2.05, 4.69) is 10.2 Å². The average Bonchev–Trinajstić information content (AvgIpc) is 3.04. The summed E-state index contributed by atoms with van der Waals surface area (Å²) in [6, 6.07) is 2.70. The van der Waals surface area contributed by atoms with Crippen molar-refractivity contribution in [2.75, 3.05) is 39.3 Å². The van der Waals surface area contributed by atoms with Gasteiger partial charge in [0.05, 0.1) is 5.92 Å². The van der Waals surface area contributed by atoms with E-state index in [1.54, 1.807) is 6.07 Å². The molecular formula is C16H22F3N3OS. The van der Waals surface area contributed by atoms with E-state index in [1.807, 2.05) is 4.90 Å². The maximum absolute atomic E-state index is 12.7. The van der Waals surface area contributed by atoms with Crippen LogP contribution in [0.1, 0.15) is 22.6 Å². The molecule has 4 nitrogen and oxygen atoms in total. The van der Waals surface area contributed by atoms with E-state index in [-0.39, 0.29) is 11.8 Å². The van der Waals surface area contributed by atoms with Crippen LogP contribution in [-0.4, -0.2) is 55.0 Å². The van der Waals surface area contributed by atoms with E-state index in [4.69, 9.17) is 0 Å². The Bertz CT molecular complexity index is 569. The second-order valence-electron chi connectivity index (χ2n) is 6.41. The molecule has 24 heavy (non-hydrogen) atoms. The molecule has 0 spiro atoms. The van der Waals surface area contributed by atoms with Crippen molar-refractivity contribution in [2.45, 2.75) is 25.6 Å². The molecule has 1 aromatic heterocycles. The monoisotopic (exact) mass is 361 g/mol. The first-order valence-corrected chi connectivity index (χ1v) is 9.13. The van der Waals surface area contributed by atoms with Crippen LogP contribution < -0.4 is 5.32 Å². The molecule has 0 saturated carbocycles. The zero-order valence-electron chi connectivity index (χ0n) is 13.4. The van der Waals surface area contributed by atoms with Crippen LogP contribution >= 0.6 is 11.3 Å². The lowest BCUT2D eigenvalue weighted by molar-refractivity contribution is -0.138. The van der Waals surface area contributed by atoms with E-state index in [0.717, 1.165) is 63.0 Å². The summed E-state index contributed by atoms with van der Waals surface area (Å²) in [7, 11) is 0. The lowest BCUT2D eigenvalue weighted by Crippen LogP contribution is -2.51. The second kappa shape index (κ2) is 7.41.